The molecule has 2 rings (SSSR count). The van der Waals surface area contributed by atoms with Gasteiger partial charge in [-0.15, -0.1) is 0 Å². The molecule has 1 aromatic rings. The highest BCUT2D eigenvalue weighted by Gasteiger charge is 2.55. The molecule has 1 aliphatic heterocycles. The Labute approximate surface area is 147 Å². The van der Waals surface area contributed by atoms with Crippen molar-refractivity contribution in [2.45, 2.75) is 36.6 Å². The molecule has 0 radical (unpaired) electrons. The second-order valence-corrected chi connectivity index (χ2v) is 6.09. The summed E-state index contributed by atoms with van der Waals surface area (Å²) in [6.07, 6.45) is -7.89. The summed E-state index contributed by atoms with van der Waals surface area (Å²) in [7, 11) is 1.22. The van der Waals surface area contributed by atoms with Crippen molar-refractivity contribution in [1.82, 2.24) is 0 Å². The standard InChI is InChI=1S/C15H19ClO9/c1-24-12-6(2-3-7(18)10(12)16)8(19)4-15(23)13(21)11(20)9(5-17)25-14(15)22/h2-3,9,11,13-14,17-18,20-23H,4-5H2,1H3/t9-,11-,13+,14+,15-/m1/s1. The number of phenols is 1. The number of carbonyl (C=O) groups is 1. The number of hydrogen-bond acceptors (Lipinski definition) is 9. The Morgan fingerprint density at radius 1 is 1.36 bits per heavy atom. The van der Waals surface area contributed by atoms with E-state index in [0.29, 0.717) is 0 Å². The third-order valence-corrected chi connectivity index (χ3v) is 4.52. The van der Waals surface area contributed by atoms with Crippen LogP contribution in [0.5, 0.6) is 11.5 Å². The van der Waals surface area contributed by atoms with E-state index in [1.807, 2.05) is 0 Å². The molecule has 0 bridgehead atoms. The molecule has 10 heteroatoms. The molecular formula is C15H19ClO9. The number of hydrogen-bond donors (Lipinski definition) is 6. The van der Waals surface area contributed by atoms with E-state index >= 15 is 0 Å². The average molecular weight is 379 g/mol. The number of Topliss-reactive ketones (excluding diaryl/α,β-unsaturated/α-hetero) is 1. The van der Waals surface area contributed by atoms with Gasteiger partial charge in [-0.3, -0.25) is 4.79 Å². The zero-order valence-electron chi connectivity index (χ0n) is 13.2. The Balaban J connectivity index is 2.32. The number of halogens is 1. The lowest BCUT2D eigenvalue weighted by Gasteiger charge is -2.45. The van der Waals surface area contributed by atoms with Gasteiger partial charge in [0.2, 0.25) is 0 Å². The molecule has 0 unspecified atom stereocenters. The highest BCUT2D eigenvalue weighted by molar-refractivity contribution is 6.34. The Morgan fingerprint density at radius 2 is 2.00 bits per heavy atom. The number of carbonyl (C=O) groups excluding carboxylic acids is 1. The van der Waals surface area contributed by atoms with Crippen LogP contribution in [-0.2, 0) is 4.74 Å². The molecule has 140 valence electrons. The molecule has 25 heavy (non-hydrogen) atoms. The molecule has 0 aliphatic carbocycles. The topological polar surface area (TPSA) is 157 Å². The van der Waals surface area contributed by atoms with Gasteiger partial charge in [-0.1, -0.05) is 11.6 Å². The molecule has 0 spiro atoms. The van der Waals surface area contributed by atoms with Crippen molar-refractivity contribution in [3.8, 4) is 11.5 Å². The van der Waals surface area contributed by atoms with Crippen LogP contribution in [0.1, 0.15) is 16.8 Å². The van der Waals surface area contributed by atoms with E-state index in [4.69, 9.17) is 26.2 Å². The van der Waals surface area contributed by atoms with Crippen molar-refractivity contribution < 1.29 is 44.9 Å². The quantitative estimate of drug-likeness (QED) is 0.346. The van der Waals surface area contributed by atoms with Crippen LogP contribution in [0, 0.1) is 0 Å². The van der Waals surface area contributed by atoms with Crippen LogP contribution in [0.15, 0.2) is 12.1 Å². The largest absolute Gasteiger partial charge is 0.506 e. The Kier molecular flexibility index (Phi) is 5.89. The highest BCUT2D eigenvalue weighted by atomic mass is 35.5. The van der Waals surface area contributed by atoms with Gasteiger partial charge in [-0.05, 0) is 12.1 Å². The zero-order chi connectivity index (χ0) is 18.9. The normalized spacial score (nSPS) is 32.4. The van der Waals surface area contributed by atoms with Crippen molar-refractivity contribution in [2.24, 2.45) is 0 Å². The van der Waals surface area contributed by atoms with Gasteiger partial charge in [-0.25, -0.2) is 0 Å². The lowest BCUT2D eigenvalue weighted by atomic mass is 9.81. The number of ketones is 1. The van der Waals surface area contributed by atoms with E-state index in [0.717, 1.165) is 6.07 Å². The van der Waals surface area contributed by atoms with Crippen LogP contribution in [0.3, 0.4) is 0 Å². The summed E-state index contributed by atoms with van der Waals surface area (Å²) in [5.74, 6) is -1.27. The van der Waals surface area contributed by atoms with Crippen LogP contribution in [0.25, 0.3) is 0 Å². The van der Waals surface area contributed by atoms with Crippen molar-refractivity contribution in [2.75, 3.05) is 13.7 Å². The third-order valence-electron chi connectivity index (χ3n) is 4.15. The lowest BCUT2D eigenvalue weighted by molar-refractivity contribution is -0.327. The summed E-state index contributed by atoms with van der Waals surface area (Å²) in [5.41, 5.74) is -2.64. The first-order valence-electron chi connectivity index (χ1n) is 7.28. The average Bonchev–Trinajstić information content (AvgIpc) is 2.58. The van der Waals surface area contributed by atoms with Crippen molar-refractivity contribution >= 4 is 17.4 Å². The number of rotatable bonds is 5. The first-order chi connectivity index (χ1) is 11.7. The van der Waals surface area contributed by atoms with E-state index in [9.17, 15) is 30.3 Å². The SMILES string of the molecule is COc1c(C(=O)C[C@]2(O)[C@@H](O)O[C@H](CO)[C@@H](O)[C@@H]2O)ccc(O)c1Cl. The minimum absolute atomic E-state index is 0.114. The van der Waals surface area contributed by atoms with Crippen LogP contribution >= 0.6 is 11.6 Å². The molecule has 6 N–H and O–H groups in total. The first kappa shape index (κ1) is 19.9. The summed E-state index contributed by atoms with van der Waals surface area (Å²) < 4.78 is 9.84. The molecule has 1 saturated heterocycles. The maximum Gasteiger partial charge on any atom is 0.187 e. The van der Waals surface area contributed by atoms with Crippen molar-refractivity contribution in [1.29, 1.82) is 0 Å². The molecular weight excluding hydrogens is 360 g/mol. The number of aliphatic hydroxyl groups excluding tert-OH is 4. The summed E-state index contributed by atoms with van der Waals surface area (Å²) in [4.78, 5) is 12.5. The summed E-state index contributed by atoms with van der Waals surface area (Å²) in [6, 6.07) is 2.34. The monoisotopic (exact) mass is 378 g/mol. The van der Waals surface area contributed by atoms with Gasteiger partial charge in [0.15, 0.2) is 23.4 Å². The maximum absolute atomic E-state index is 12.5. The fourth-order valence-corrected chi connectivity index (χ4v) is 2.91. The number of aromatic hydroxyl groups is 1. The molecule has 0 aromatic heterocycles. The predicted molar refractivity (Wildman–Crippen MR) is 83.5 cm³/mol. The Bertz CT molecular complexity index is 652. The van der Waals surface area contributed by atoms with Crippen LogP contribution < -0.4 is 4.74 Å². The summed E-state index contributed by atoms with van der Waals surface area (Å²) >= 11 is 5.86. The molecule has 1 heterocycles. The van der Waals surface area contributed by atoms with Gasteiger partial charge in [0.05, 0.1) is 19.3 Å². The summed E-state index contributed by atoms with van der Waals surface area (Å²) in [5, 5.41) is 58.8. The number of ether oxygens (including phenoxy) is 2. The molecule has 9 nitrogen and oxygen atoms in total. The number of methoxy groups -OCH3 is 1. The van der Waals surface area contributed by atoms with E-state index in [1.165, 1.54) is 13.2 Å². The molecule has 5 atom stereocenters. The van der Waals surface area contributed by atoms with Gasteiger partial charge in [-0.2, -0.15) is 0 Å². The van der Waals surface area contributed by atoms with E-state index in [2.05, 4.69) is 0 Å². The number of phenolic OH excluding ortho intramolecular Hbond substituents is 1. The predicted octanol–water partition coefficient (Wildman–Crippen LogP) is -1.21. The van der Waals surface area contributed by atoms with E-state index in [1.54, 1.807) is 0 Å². The highest BCUT2D eigenvalue weighted by Crippen LogP contribution is 2.39. The first-order valence-corrected chi connectivity index (χ1v) is 7.66. The second kappa shape index (κ2) is 7.42. The van der Waals surface area contributed by atoms with Gasteiger partial charge in [0.1, 0.15) is 29.1 Å². The van der Waals surface area contributed by atoms with Crippen molar-refractivity contribution in [3.63, 3.8) is 0 Å². The molecule has 0 saturated carbocycles. The maximum atomic E-state index is 12.5. The van der Waals surface area contributed by atoms with E-state index in [-0.39, 0.29) is 22.1 Å². The third kappa shape index (κ3) is 3.44. The minimum atomic E-state index is -2.53. The van der Waals surface area contributed by atoms with Gasteiger partial charge < -0.3 is 40.1 Å². The van der Waals surface area contributed by atoms with Gasteiger partial charge in [0, 0.05) is 6.42 Å². The molecule has 0 amide bonds. The van der Waals surface area contributed by atoms with Crippen LogP contribution in [0.4, 0.5) is 0 Å². The van der Waals surface area contributed by atoms with Gasteiger partial charge >= 0.3 is 0 Å². The van der Waals surface area contributed by atoms with Gasteiger partial charge in [0.25, 0.3) is 0 Å². The van der Waals surface area contributed by atoms with Crippen molar-refractivity contribution in [3.05, 3.63) is 22.7 Å². The molecule has 1 aliphatic rings. The zero-order valence-corrected chi connectivity index (χ0v) is 13.9. The lowest BCUT2D eigenvalue weighted by Crippen LogP contribution is -2.67. The Morgan fingerprint density at radius 3 is 2.56 bits per heavy atom. The summed E-state index contributed by atoms with van der Waals surface area (Å²) in [6.45, 7) is -0.708. The fraction of sp³-hybridized carbons (Fsp3) is 0.533. The number of aliphatic hydroxyl groups is 5. The number of benzene rings is 1. The van der Waals surface area contributed by atoms with Crippen LogP contribution in [-0.4, -0.2) is 80.3 Å². The Hall–Kier alpha value is -1.46. The minimum Gasteiger partial charge on any atom is -0.506 e. The molecule has 1 aromatic carbocycles. The van der Waals surface area contributed by atoms with E-state index < -0.39 is 49.0 Å². The molecule has 1 fully saturated rings. The smallest absolute Gasteiger partial charge is 0.187 e. The van der Waals surface area contributed by atoms with Crippen LogP contribution in [0.2, 0.25) is 5.02 Å². The fourth-order valence-electron chi connectivity index (χ4n) is 2.67. The second-order valence-electron chi connectivity index (χ2n) is 5.72.